The van der Waals surface area contributed by atoms with Gasteiger partial charge in [0.25, 0.3) is 0 Å². The number of benzene rings is 2. The minimum atomic E-state index is -1.16. The quantitative estimate of drug-likeness (QED) is 0.480. The van der Waals surface area contributed by atoms with E-state index in [2.05, 4.69) is 10.6 Å². The van der Waals surface area contributed by atoms with Crippen LogP contribution in [0, 0.1) is 0 Å². The van der Waals surface area contributed by atoms with E-state index in [0.717, 1.165) is 11.1 Å². The van der Waals surface area contributed by atoms with Gasteiger partial charge in [0.05, 0.1) is 19.6 Å². The lowest BCUT2D eigenvalue weighted by Crippen LogP contribution is -2.45. The number of aliphatic hydroxyl groups is 1. The van der Waals surface area contributed by atoms with Crippen LogP contribution in [0.15, 0.2) is 54.6 Å². The number of carbonyl (C=O) groups is 3. The third-order valence-electron chi connectivity index (χ3n) is 4.27. The average Bonchev–Trinajstić information content (AvgIpc) is 2.76. The number of hydrogen-bond donors (Lipinski definition) is 3. The Balaban J connectivity index is 1.77. The van der Waals surface area contributed by atoms with Crippen LogP contribution < -0.4 is 10.6 Å². The second-order valence-corrected chi connectivity index (χ2v) is 7.21. The molecule has 0 saturated carbocycles. The predicted octanol–water partition coefficient (Wildman–Crippen LogP) is 2.22. The van der Waals surface area contributed by atoms with Crippen LogP contribution in [-0.2, 0) is 32.1 Å². The molecule has 0 unspecified atom stereocenters. The fourth-order valence-electron chi connectivity index (χ4n) is 2.75. The van der Waals surface area contributed by atoms with Gasteiger partial charge in [0.2, 0.25) is 5.91 Å². The minimum Gasteiger partial charge on any atom is -0.467 e. The molecule has 0 saturated heterocycles. The highest BCUT2D eigenvalue weighted by atomic mass is 35.5. The minimum absolute atomic E-state index is 0.0908. The molecule has 9 heteroatoms. The van der Waals surface area contributed by atoms with Crippen molar-refractivity contribution in [2.45, 2.75) is 31.6 Å². The second-order valence-electron chi connectivity index (χ2n) is 6.78. The first kappa shape index (κ1) is 24.2. The van der Waals surface area contributed by atoms with E-state index < -0.39 is 30.1 Å². The van der Waals surface area contributed by atoms with Gasteiger partial charge in [-0.15, -0.1) is 0 Å². The van der Waals surface area contributed by atoms with Crippen molar-refractivity contribution in [1.82, 2.24) is 10.6 Å². The van der Waals surface area contributed by atoms with E-state index >= 15 is 0 Å². The van der Waals surface area contributed by atoms with Crippen LogP contribution in [0.25, 0.3) is 0 Å². The van der Waals surface area contributed by atoms with E-state index in [1.807, 2.05) is 30.3 Å². The molecule has 31 heavy (non-hydrogen) atoms. The molecule has 2 aromatic rings. The molecule has 2 amide bonds. The Morgan fingerprint density at radius 3 is 2.45 bits per heavy atom. The van der Waals surface area contributed by atoms with Crippen molar-refractivity contribution < 1.29 is 29.0 Å². The van der Waals surface area contributed by atoms with E-state index in [1.165, 1.54) is 7.11 Å². The fourth-order valence-corrected chi connectivity index (χ4v) is 2.96. The number of esters is 1. The van der Waals surface area contributed by atoms with Crippen molar-refractivity contribution in [2.75, 3.05) is 13.7 Å². The number of alkyl carbamates (subject to hydrolysis) is 1. The molecule has 0 aliphatic heterocycles. The summed E-state index contributed by atoms with van der Waals surface area (Å²) in [6.07, 6.45) is -2.01. The van der Waals surface area contributed by atoms with Gasteiger partial charge in [0, 0.05) is 18.0 Å². The number of rotatable bonds is 10. The maximum Gasteiger partial charge on any atom is 0.407 e. The normalized spacial score (nSPS) is 12.4. The van der Waals surface area contributed by atoms with Crippen LogP contribution in [0.4, 0.5) is 4.79 Å². The molecule has 0 aliphatic rings. The number of methoxy groups -OCH3 is 1. The monoisotopic (exact) mass is 448 g/mol. The Kier molecular flexibility index (Phi) is 9.80. The van der Waals surface area contributed by atoms with Crippen molar-refractivity contribution in [3.63, 3.8) is 0 Å². The van der Waals surface area contributed by atoms with Gasteiger partial charge in [-0.25, -0.2) is 9.59 Å². The maximum atomic E-state index is 12.2. The van der Waals surface area contributed by atoms with Crippen LogP contribution in [0.1, 0.15) is 17.5 Å². The Morgan fingerprint density at radius 2 is 1.77 bits per heavy atom. The van der Waals surface area contributed by atoms with Crippen LogP contribution in [0.5, 0.6) is 0 Å². The first-order chi connectivity index (χ1) is 14.9. The number of nitrogens with one attached hydrogen (secondary N) is 2. The molecular formula is C22H25ClN2O6. The zero-order valence-electron chi connectivity index (χ0n) is 17.0. The SMILES string of the molecule is COC(=O)[C@@H](Cc1cccc(Cl)c1)NC(=O)C[C@@H](O)CNC(=O)OCc1ccccc1. The maximum absolute atomic E-state index is 12.2. The number of ether oxygens (including phenoxy) is 2. The highest BCUT2D eigenvalue weighted by molar-refractivity contribution is 6.30. The van der Waals surface area contributed by atoms with Gasteiger partial charge in [-0.2, -0.15) is 0 Å². The molecule has 0 spiro atoms. The molecule has 8 nitrogen and oxygen atoms in total. The first-order valence-corrected chi connectivity index (χ1v) is 9.99. The van der Waals surface area contributed by atoms with Gasteiger partial charge < -0.3 is 25.2 Å². The molecule has 2 rings (SSSR count). The summed E-state index contributed by atoms with van der Waals surface area (Å²) in [6, 6.07) is 15.1. The summed E-state index contributed by atoms with van der Waals surface area (Å²) in [7, 11) is 1.22. The van der Waals surface area contributed by atoms with Crippen molar-refractivity contribution in [3.05, 3.63) is 70.7 Å². The van der Waals surface area contributed by atoms with E-state index in [9.17, 15) is 19.5 Å². The van der Waals surface area contributed by atoms with E-state index in [0.29, 0.717) is 5.02 Å². The summed E-state index contributed by atoms with van der Waals surface area (Å²) >= 11 is 5.95. The second kappa shape index (κ2) is 12.6. The van der Waals surface area contributed by atoms with Gasteiger partial charge >= 0.3 is 12.1 Å². The fraction of sp³-hybridized carbons (Fsp3) is 0.318. The van der Waals surface area contributed by atoms with Crippen LogP contribution in [0.3, 0.4) is 0 Å². The molecule has 0 fully saturated rings. The topological polar surface area (TPSA) is 114 Å². The van der Waals surface area contributed by atoms with Crippen LogP contribution in [0.2, 0.25) is 5.02 Å². The Labute approximate surface area is 185 Å². The van der Waals surface area contributed by atoms with Gasteiger partial charge in [-0.1, -0.05) is 54.1 Å². The van der Waals surface area contributed by atoms with Crippen molar-refractivity contribution in [1.29, 1.82) is 0 Å². The van der Waals surface area contributed by atoms with Crippen molar-refractivity contribution >= 4 is 29.6 Å². The predicted molar refractivity (Wildman–Crippen MR) is 114 cm³/mol. The third-order valence-corrected chi connectivity index (χ3v) is 4.50. The molecule has 0 bridgehead atoms. The van der Waals surface area contributed by atoms with Gasteiger partial charge in [0.15, 0.2) is 0 Å². The lowest BCUT2D eigenvalue weighted by atomic mass is 10.1. The summed E-state index contributed by atoms with van der Waals surface area (Å²) in [5.74, 6) is -1.19. The molecular weight excluding hydrogens is 424 g/mol. The molecule has 0 heterocycles. The zero-order valence-corrected chi connectivity index (χ0v) is 17.8. The average molecular weight is 449 g/mol. The van der Waals surface area contributed by atoms with E-state index in [4.69, 9.17) is 21.1 Å². The van der Waals surface area contributed by atoms with Crippen molar-refractivity contribution in [3.8, 4) is 0 Å². The molecule has 166 valence electrons. The summed E-state index contributed by atoms with van der Waals surface area (Å²) in [4.78, 5) is 36.0. The zero-order chi connectivity index (χ0) is 22.6. The largest absolute Gasteiger partial charge is 0.467 e. The highest BCUT2D eigenvalue weighted by Crippen LogP contribution is 2.13. The molecule has 2 aromatic carbocycles. The number of amides is 2. The lowest BCUT2D eigenvalue weighted by molar-refractivity contribution is -0.145. The number of carbonyl (C=O) groups excluding carboxylic acids is 3. The Morgan fingerprint density at radius 1 is 1.06 bits per heavy atom. The molecule has 3 N–H and O–H groups in total. The van der Waals surface area contributed by atoms with Crippen LogP contribution in [-0.4, -0.2) is 48.9 Å². The third kappa shape index (κ3) is 9.06. The molecule has 0 radical (unpaired) electrons. The van der Waals surface area contributed by atoms with Gasteiger partial charge in [-0.05, 0) is 23.3 Å². The summed E-state index contributed by atoms with van der Waals surface area (Å²) in [5.41, 5.74) is 1.57. The smallest absolute Gasteiger partial charge is 0.407 e. The first-order valence-electron chi connectivity index (χ1n) is 9.61. The summed E-state index contributed by atoms with van der Waals surface area (Å²) < 4.78 is 9.78. The summed E-state index contributed by atoms with van der Waals surface area (Å²) in [6.45, 7) is -0.0915. The van der Waals surface area contributed by atoms with Crippen LogP contribution >= 0.6 is 11.6 Å². The number of aliphatic hydroxyl groups excluding tert-OH is 1. The molecule has 2 atom stereocenters. The summed E-state index contributed by atoms with van der Waals surface area (Å²) in [5, 5.41) is 15.5. The van der Waals surface area contributed by atoms with E-state index in [-0.39, 0.29) is 26.0 Å². The van der Waals surface area contributed by atoms with E-state index in [1.54, 1.807) is 24.3 Å². The lowest BCUT2D eigenvalue weighted by Gasteiger charge is -2.18. The molecule has 0 aliphatic carbocycles. The van der Waals surface area contributed by atoms with Gasteiger partial charge in [-0.3, -0.25) is 4.79 Å². The highest BCUT2D eigenvalue weighted by Gasteiger charge is 2.23. The van der Waals surface area contributed by atoms with Crippen molar-refractivity contribution in [2.24, 2.45) is 0 Å². The Hall–Kier alpha value is -3.10. The standard InChI is InChI=1S/C22H25ClN2O6/c1-30-21(28)19(11-16-8-5-9-17(23)10-16)25-20(27)12-18(26)13-24-22(29)31-14-15-6-3-2-4-7-15/h2-10,18-19,26H,11-14H2,1H3,(H,24,29)(H,25,27)/t18-,19-/m1/s1. The number of hydrogen-bond acceptors (Lipinski definition) is 6. The molecule has 0 aromatic heterocycles. The Bertz CT molecular complexity index is 877. The van der Waals surface area contributed by atoms with Gasteiger partial charge in [0.1, 0.15) is 12.6 Å². The number of halogens is 1.